The van der Waals surface area contributed by atoms with Gasteiger partial charge < -0.3 is 19.8 Å². The number of rotatable bonds is 13. The van der Waals surface area contributed by atoms with Crippen LogP contribution in [0.1, 0.15) is 57.4 Å². The lowest BCUT2D eigenvalue weighted by Gasteiger charge is -2.43. The maximum atomic E-state index is 15.0. The molecule has 3 amide bonds. The predicted molar refractivity (Wildman–Crippen MR) is 176 cm³/mol. The highest BCUT2D eigenvalue weighted by molar-refractivity contribution is 9.09. The third-order valence-corrected chi connectivity index (χ3v) is 13.2. The van der Waals surface area contributed by atoms with Crippen LogP contribution in [0.15, 0.2) is 55.6 Å². The molecule has 4 fully saturated rings. The Morgan fingerprint density at radius 1 is 1.14 bits per heavy atom. The Morgan fingerprint density at radius 3 is 2.47 bits per heavy atom. The first-order valence-corrected chi connectivity index (χ1v) is 17.7. The summed E-state index contributed by atoms with van der Waals surface area (Å²) >= 11 is 5.57. The lowest BCUT2D eigenvalue weighted by atomic mass is 9.70. The van der Waals surface area contributed by atoms with Crippen molar-refractivity contribution in [2.45, 2.75) is 91.2 Å². The number of amides is 3. The van der Waals surface area contributed by atoms with Gasteiger partial charge in [0, 0.05) is 35.8 Å². The maximum absolute atomic E-state index is 15.0. The number of benzene rings is 1. The van der Waals surface area contributed by atoms with Gasteiger partial charge in [-0.25, -0.2) is 0 Å². The summed E-state index contributed by atoms with van der Waals surface area (Å²) in [5.74, 6) is -1.43. The van der Waals surface area contributed by atoms with E-state index in [9.17, 15) is 19.5 Å². The van der Waals surface area contributed by atoms with E-state index in [1.54, 1.807) is 28.8 Å². The molecule has 3 aliphatic heterocycles. The molecule has 4 aliphatic rings. The Balaban J connectivity index is 1.59. The van der Waals surface area contributed by atoms with E-state index in [-0.39, 0.29) is 40.4 Å². The second kappa shape index (κ2) is 13.9. The number of thioether (sulfide) groups is 1. The van der Waals surface area contributed by atoms with Crippen molar-refractivity contribution < 1.29 is 19.5 Å². The number of halogens is 1. The van der Waals surface area contributed by atoms with Gasteiger partial charge in [-0.3, -0.25) is 14.4 Å². The number of aliphatic hydroxyl groups excluding tert-OH is 1. The second-order valence-electron chi connectivity index (χ2n) is 12.6. The first kappa shape index (κ1) is 32.3. The van der Waals surface area contributed by atoms with E-state index in [4.69, 9.17) is 0 Å². The van der Waals surface area contributed by atoms with Gasteiger partial charge in [0.15, 0.2) is 0 Å². The topological polar surface area (TPSA) is 81.2 Å². The number of hydrogen-bond acceptors (Lipinski definition) is 5. The molecule has 5 rings (SSSR count). The fourth-order valence-corrected chi connectivity index (χ4v) is 11.8. The Bertz CT molecular complexity index is 1190. The van der Waals surface area contributed by atoms with E-state index < -0.39 is 28.7 Å². The molecule has 43 heavy (non-hydrogen) atoms. The van der Waals surface area contributed by atoms with Crippen molar-refractivity contribution >= 4 is 45.4 Å². The molecule has 3 saturated heterocycles. The molecule has 3 heterocycles. The summed E-state index contributed by atoms with van der Waals surface area (Å²) < 4.78 is -0.752. The molecule has 1 aromatic rings. The summed E-state index contributed by atoms with van der Waals surface area (Å²) in [5.41, 5.74) is 0.994. The second-order valence-corrected chi connectivity index (χ2v) is 15.3. The van der Waals surface area contributed by atoms with Crippen molar-refractivity contribution in [2.24, 2.45) is 11.8 Å². The third-order valence-electron chi connectivity index (χ3n) is 9.94. The SMILES string of the molecule is C=CCN(CCC)C(=O)[C@H]1[C@H]2C(=O)N([C@@H](CO)Cc3ccccc3)C(C(=O)N(CC=C)C3CCCCC3)C23CC(Br)[C@@H]1S3. The zero-order valence-electron chi connectivity index (χ0n) is 25.3. The Kier molecular flexibility index (Phi) is 10.4. The minimum Gasteiger partial charge on any atom is -0.394 e. The number of aliphatic hydroxyl groups is 1. The largest absolute Gasteiger partial charge is 0.394 e. The van der Waals surface area contributed by atoms with E-state index in [0.29, 0.717) is 32.5 Å². The highest BCUT2D eigenvalue weighted by atomic mass is 79.9. The number of carbonyl (C=O) groups is 3. The fraction of sp³-hybridized carbons (Fsp3) is 0.618. The Morgan fingerprint density at radius 2 is 1.84 bits per heavy atom. The van der Waals surface area contributed by atoms with Crippen LogP contribution in [0.25, 0.3) is 0 Å². The molecule has 1 spiro atoms. The molecule has 1 saturated carbocycles. The molecular weight excluding hydrogens is 626 g/mol. The monoisotopic (exact) mass is 671 g/mol. The van der Waals surface area contributed by atoms with E-state index in [1.165, 1.54) is 6.42 Å². The van der Waals surface area contributed by atoms with Crippen molar-refractivity contribution in [1.82, 2.24) is 14.7 Å². The zero-order chi connectivity index (χ0) is 30.7. The average Bonchev–Trinajstić information content (AvgIpc) is 3.62. The Labute approximate surface area is 269 Å². The van der Waals surface area contributed by atoms with Crippen LogP contribution in [-0.4, -0.2) is 96.7 Å². The summed E-state index contributed by atoms with van der Waals surface area (Å²) in [4.78, 5) is 49.5. The minimum absolute atomic E-state index is 0.00203. The van der Waals surface area contributed by atoms with Crippen LogP contribution in [0.3, 0.4) is 0 Å². The van der Waals surface area contributed by atoms with Crippen molar-refractivity contribution in [3.63, 3.8) is 0 Å². The summed E-state index contributed by atoms with van der Waals surface area (Å²) in [7, 11) is 0. The molecule has 1 N–H and O–H groups in total. The molecule has 3 unspecified atom stereocenters. The predicted octanol–water partition coefficient (Wildman–Crippen LogP) is 4.83. The van der Waals surface area contributed by atoms with Gasteiger partial charge >= 0.3 is 0 Å². The lowest BCUT2D eigenvalue weighted by molar-refractivity contribution is -0.148. The van der Waals surface area contributed by atoms with Gasteiger partial charge in [0.2, 0.25) is 17.7 Å². The van der Waals surface area contributed by atoms with Crippen LogP contribution >= 0.6 is 27.7 Å². The first-order valence-electron chi connectivity index (χ1n) is 15.9. The third kappa shape index (κ3) is 5.86. The first-order chi connectivity index (χ1) is 20.8. The van der Waals surface area contributed by atoms with Crippen molar-refractivity contribution in [3.8, 4) is 0 Å². The molecular formula is C34H46BrN3O4S. The van der Waals surface area contributed by atoms with Crippen LogP contribution in [0, 0.1) is 11.8 Å². The number of alkyl halides is 1. The lowest BCUT2D eigenvalue weighted by Crippen LogP contribution is -2.60. The van der Waals surface area contributed by atoms with Gasteiger partial charge in [-0.15, -0.1) is 24.9 Å². The molecule has 7 nitrogen and oxygen atoms in total. The number of nitrogens with zero attached hydrogens (tertiary/aromatic N) is 3. The van der Waals surface area contributed by atoms with Crippen molar-refractivity contribution in [2.75, 3.05) is 26.2 Å². The van der Waals surface area contributed by atoms with E-state index in [0.717, 1.165) is 37.7 Å². The summed E-state index contributed by atoms with van der Waals surface area (Å²) in [6.07, 6.45) is 10.6. The zero-order valence-corrected chi connectivity index (χ0v) is 27.7. The molecule has 0 radical (unpaired) electrons. The number of carbonyl (C=O) groups excluding carboxylic acids is 3. The van der Waals surface area contributed by atoms with Crippen LogP contribution in [0.4, 0.5) is 0 Å². The highest BCUT2D eigenvalue weighted by Gasteiger charge is 2.76. The number of hydrogen-bond donors (Lipinski definition) is 1. The van der Waals surface area contributed by atoms with Crippen molar-refractivity contribution in [3.05, 3.63) is 61.2 Å². The van der Waals surface area contributed by atoms with E-state index in [2.05, 4.69) is 29.1 Å². The average molecular weight is 673 g/mol. The van der Waals surface area contributed by atoms with Crippen molar-refractivity contribution in [1.29, 1.82) is 0 Å². The van der Waals surface area contributed by atoms with Crippen LogP contribution in [0.2, 0.25) is 0 Å². The quantitative estimate of drug-likeness (QED) is 0.240. The maximum Gasteiger partial charge on any atom is 0.247 e. The molecule has 0 aromatic heterocycles. The van der Waals surface area contributed by atoms with Gasteiger partial charge in [0.25, 0.3) is 0 Å². The number of likely N-dealkylation sites (tertiary alicyclic amines) is 1. The smallest absolute Gasteiger partial charge is 0.247 e. The van der Waals surface area contributed by atoms with Crippen LogP contribution in [0.5, 0.6) is 0 Å². The highest BCUT2D eigenvalue weighted by Crippen LogP contribution is 2.68. The van der Waals surface area contributed by atoms with Crippen LogP contribution in [-0.2, 0) is 20.8 Å². The van der Waals surface area contributed by atoms with Gasteiger partial charge in [-0.05, 0) is 37.7 Å². The van der Waals surface area contributed by atoms with Gasteiger partial charge in [-0.2, -0.15) is 0 Å². The Hall–Kier alpha value is -2.10. The molecule has 234 valence electrons. The summed E-state index contributed by atoms with van der Waals surface area (Å²) in [6, 6.07) is 8.58. The van der Waals surface area contributed by atoms with E-state index in [1.807, 2.05) is 47.1 Å². The molecule has 1 aliphatic carbocycles. The number of fused-ring (bicyclic) bond motifs is 1. The van der Waals surface area contributed by atoms with Crippen LogP contribution < -0.4 is 0 Å². The summed E-state index contributed by atoms with van der Waals surface area (Å²) in [5, 5.41) is 10.7. The normalized spacial score (nSPS) is 30.6. The molecule has 1 aromatic carbocycles. The molecule has 7 atom stereocenters. The van der Waals surface area contributed by atoms with Gasteiger partial charge in [-0.1, -0.05) is 84.6 Å². The van der Waals surface area contributed by atoms with Gasteiger partial charge in [0.05, 0.1) is 29.2 Å². The summed E-state index contributed by atoms with van der Waals surface area (Å²) in [6.45, 7) is 11.1. The fourth-order valence-electron chi connectivity index (χ4n) is 8.20. The van der Waals surface area contributed by atoms with Gasteiger partial charge in [0.1, 0.15) is 6.04 Å². The standard InChI is InChI=1S/C34H46BrN3O4S/c1-4-17-36(18-5-2)31(40)27-28-32(41)38(25(22-39)20-23-13-9-7-10-14-23)30(34(28)21-26(35)29(27)43-34)33(42)37(19-6-3)24-15-11-8-12-16-24/h4,6-7,9-10,13-14,24-30,39H,1,3,5,8,11-12,15-22H2,2H3/t25-,26?,27+,28+,29+,30?,34?/m1/s1. The molecule has 9 heteroatoms. The van der Waals surface area contributed by atoms with E-state index >= 15 is 0 Å². The molecule has 2 bridgehead atoms. The minimum atomic E-state index is -0.764.